The van der Waals surface area contributed by atoms with E-state index < -0.39 is 0 Å². The summed E-state index contributed by atoms with van der Waals surface area (Å²) in [5.74, 6) is 1.47. The van der Waals surface area contributed by atoms with E-state index in [4.69, 9.17) is 26.8 Å². The number of ether oxygens (including phenoxy) is 2. The molecule has 0 radical (unpaired) electrons. The van der Waals surface area contributed by atoms with Crippen LogP contribution in [0.15, 0.2) is 29.8 Å². The molecule has 0 fully saturated rings. The first-order chi connectivity index (χ1) is 7.17. The minimum atomic E-state index is 0.279. The summed E-state index contributed by atoms with van der Waals surface area (Å²) >= 11 is 5.61. The van der Waals surface area contributed by atoms with Gasteiger partial charge in [0.1, 0.15) is 18.1 Å². The molecule has 15 heavy (non-hydrogen) atoms. The third-order valence-electron chi connectivity index (χ3n) is 1.87. The molecular formula is C11H14ClNO2. The predicted octanol–water partition coefficient (Wildman–Crippen LogP) is 2.29. The molecule has 4 heteroatoms. The summed E-state index contributed by atoms with van der Waals surface area (Å²) < 4.78 is 10.5. The monoisotopic (exact) mass is 227 g/mol. The van der Waals surface area contributed by atoms with Crippen LogP contribution < -0.4 is 15.2 Å². The van der Waals surface area contributed by atoms with E-state index in [1.54, 1.807) is 13.2 Å². The molecule has 0 bridgehead atoms. The van der Waals surface area contributed by atoms with Crippen LogP contribution in [-0.4, -0.2) is 13.7 Å². The summed E-state index contributed by atoms with van der Waals surface area (Å²) in [4.78, 5) is 0. The van der Waals surface area contributed by atoms with Crippen LogP contribution in [0.2, 0.25) is 0 Å². The largest absolute Gasteiger partial charge is 0.497 e. The minimum absolute atomic E-state index is 0.279. The van der Waals surface area contributed by atoms with Crippen LogP contribution in [0.4, 0.5) is 0 Å². The van der Waals surface area contributed by atoms with Crippen molar-refractivity contribution in [2.45, 2.75) is 6.54 Å². The molecule has 0 aromatic heterocycles. The standard InChI is InChI=1S/C11H14ClNO2/c1-8(12)7-15-11-4-3-10(14-2)5-9(11)6-13/h3-5H,1,6-7,13H2,2H3. The molecule has 0 spiro atoms. The Morgan fingerprint density at radius 1 is 1.53 bits per heavy atom. The highest BCUT2D eigenvalue weighted by molar-refractivity contribution is 6.29. The lowest BCUT2D eigenvalue weighted by Gasteiger charge is -2.11. The van der Waals surface area contributed by atoms with Crippen molar-refractivity contribution in [1.82, 2.24) is 0 Å². The van der Waals surface area contributed by atoms with Crippen LogP contribution >= 0.6 is 11.6 Å². The van der Waals surface area contributed by atoms with Crippen molar-refractivity contribution in [3.05, 3.63) is 35.4 Å². The average Bonchev–Trinajstić information content (AvgIpc) is 2.25. The van der Waals surface area contributed by atoms with Crippen LogP contribution in [0.5, 0.6) is 11.5 Å². The maximum absolute atomic E-state index is 5.61. The number of halogens is 1. The average molecular weight is 228 g/mol. The van der Waals surface area contributed by atoms with Gasteiger partial charge < -0.3 is 15.2 Å². The summed E-state index contributed by atoms with van der Waals surface area (Å²) in [6, 6.07) is 5.46. The molecule has 0 aliphatic rings. The topological polar surface area (TPSA) is 44.5 Å². The highest BCUT2D eigenvalue weighted by Crippen LogP contribution is 2.24. The van der Waals surface area contributed by atoms with Crippen LogP contribution in [0.3, 0.4) is 0 Å². The summed E-state index contributed by atoms with van der Waals surface area (Å²) in [6.07, 6.45) is 0. The third kappa shape index (κ3) is 3.46. The van der Waals surface area contributed by atoms with Gasteiger partial charge in [0, 0.05) is 17.1 Å². The van der Waals surface area contributed by atoms with Crippen LogP contribution in [0, 0.1) is 0 Å². The Bertz CT molecular complexity index is 352. The Labute approximate surface area is 94.4 Å². The van der Waals surface area contributed by atoms with Crippen molar-refractivity contribution in [1.29, 1.82) is 0 Å². The van der Waals surface area contributed by atoms with Crippen molar-refractivity contribution in [2.75, 3.05) is 13.7 Å². The normalized spacial score (nSPS) is 9.80. The zero-order valence-electron chi connectivity index (χ0n) is 8.63. The molecule has 2 N–H and O–H groups in total. The van der Waals surface area contributed by atoms with Crippen molar-refractivity contribution in [3.63, 3.8) is 0 Å². The molecule has 0 aliphatic carbocycles. The zero-order chi connectivity index (χ0) is 11.3. The lowest BCUT2D eigenvalue weighted by Crippen LogP contribution is -2.04. The highest BCUT2D eigenvalue weighted by Gasteiger charge is 2.04. The van der Waals surface area contributed by atoms with Gasteiger partial charge in [-0.05, 0) is 18.2 Å². The summed E-state index contributed by atoms with van der Waals surface area (Å²) in [5.41, 5.74) is 6.47. The van der Waals surface area contributed by atoms with E-state index in [1.807, 2.05) is 12.1 Å². The predicted molar refractivity (Wildman–Crippen MR) is 61.4 cm³/mol. The second-order valence-electron chi connectivity index (χ2n) is 2.98. The highest BCUT2D eigenvalue weighted by atomic mass is 35.5. The van der Waals surface area contributed by atoms with Gasteiger partial charge >= 0.3 is 0 Å². The summed E-state index contributed by atoms with van der Waals surface area (Å²) in [7, 11) is 1.61. The first-order valence-corrected chi connectivity index (χ1v) is 4.88. The number of hydrogen-bond acceptors (Lipinski definition) is 3. The lowest BCUT2D eigenvalue weighted by atomic mass is 10.2. The van der Waals surface area contributed by atoms with E-state index >= 15 is 0 Å². The van der Waals surface area contributed by atoms with Crippen LogP contribution in [-0.2, 0) is 6.54 Å². The maximum Gasteiger partial charge on any atom is 0.124 e. The quantitative estimate of drug-likeness (QED) is 0.840. The summed E-state index contributed by atoms with van der Waals surface area (Å²) in [5, 5.41) is 0.453. The number of benzene rings is 1. The second kappa shape index (κ2) is 5.63. The zero-order valence-corrected chi connectivity index (χ0v) is 9.38. The van der Waals surface area contributed by atoms with E-state index in [-0.39, 0.29) is 6.61 Å². The van der Waals surface area contributed by atoms with E-state index in [0.717, 1.165) is 11.3 Å². The van der Waals surface area contributed by atoms with Gasteiger partial charge in [0.05, 0.1) is 7.11 Å². The minimum Gasteiger partial charge on any atom is -0.497 e. The Balaban J connectivity index is 2.82. The number of hydrogen-bond donors (Lipinski definition) is 1. The molecule has 3 nitrogen and oxygen atoms in total. The lowest BCUT2D eigenvalue weighted by molar-refractivity contribution is 0.353. The molecule has 82 valence electrons. The fourth-order valence-corrected chi connectivity index (χ4v) is 1.19. The number of nitrogens with two attached hydrogens (primary N) is 1. The molecule has 0 unspecified atom stereocenters. The van der Waals surface area contributed by atoms with Crippen LogP contribution in [0.1, 0.15) is 5.56 Å². The Morgan fingerprint density at radius 2 is 2.27 bits per heavy atom. The molecule has 0 saturated heterocycles. The molecular weight excluding hydrogens is 214 g/mol. The first kappa shape index (κ1) is 11.9. The van der Waals surface area contributed by atoms with Crippen LogP contribution in [0.25, 0.3) is 0 Å². The molecule has 1 aromatic carbocycles. The fourth-order valence-electron chi connectivity index (χ4n) is 1.14. The van der Waals surface area contributed by atoms with Gasteiger partial charge in [0.2, 0.25) is 0 Å². The van der Waals surface area contributed by atoms with Gasteiger partial charge in [-0.3, -0.25) is 0 Å². The number of methoxy groups -OCH3 is 1. The molecule has 0 aliphatic heterocycles. The fraction of sp³-hybridized carbons (Fsp3) is 0.273. The molecule has 1 rings (SSSR count). The van der Waals surface area contributed by atoms with Gasteiger partial charge in [0.25, 0.3) is 0 Å². The van der Waals surface area contributed by atoms with Crippen molar-refractivity contribution < 1.29 is 9.47 Å². The van der Waals surface area contributed by atoms with E-state index in [1.165, 1.54) is 0 Å². The molecule has 0 amide bonds. The van der Waals surface area contributed by atoms with E-state index in [2.05, 4.69) is 6.58 Å². The Hall–Kier alpha value is -1.19. The third-order valence-corrected chi connectivity index (χ3v) is 1.98. The Kier molecular flexibility index (Phi) is 4.46. The van der Waals surface area contributed by atoms with Crippen molar-refractivity contribution >= 4 is 11.6 Å². The van der Waals surface area contributed by atoms with Gasteiger partial charge in [-0.2, -0.15) is 0 Å². The summed E-state index contributed by atoms with van der Waals surface area (Å²) in [6.45, 7) is 4.21. The SMILES string of the molecule is C=C(Cl)COc1ccc(OC)cc1CN. The molecule has 1 aromatic rings. The molecule has 0 saturated carbocycles. The maximum atomic E-state index is 5.61. The molecule has 0 heterocycles. The Morgan fingerprint density at radius 3 is 2.80 bits per heavy atom. The van der Waals surface area contributed by atoms with Crippen molar-refractivity contribution in [3.8, 4) is 11.5 Å². The molecule has 0 atom stereocenters. The van der Waals surface area contributed by atoms with Gasteiger partial charge in [-0.25, -0.2) is 0 Å². The van der Waals surface area contributed by atoms with Gasteiger partial charge in [0.15, 0.2) is 0 Å². The van der Waals surface area contributed by atoms with Gasteiger partial charge in [-0.15, -0.1) is 0 Å². The first-order valence-electron chi connectivity index (χ1n) is 4.50. The van der Waals surface area contributed by atoms with E-state index in [0.29, 0.717) is 17.3 Å². The smallest absolute Gasteiger partial charge is 0.124 e. The second-order valence-corrected chi connectivity index (χ2v) is 3.52. The van der Waals surface area contributed by atoms with Gasteiger partial charge in [-0.1, -0.05) is 18.2 Å². The number of rotatable bonds is 5. The van der Waals surface area contributed by atoms with Crippen molar-refractivity contribution in [2.24, 2.45) is 5.73 Å². The van der Waals surface area contributed by atoms with E-state index in [9.17, 15) is 0 Å².